The number of rotatable bonds is 4. The maximum atomic E-state index is 13.1. The molecule has 2 aromatic heterocycles. The molecule has 0 saturated heterocycles. The molecular formula is C32H28IN4O2-. The number of pyridine rings is 1. The van der Waals surface area contributed by atoms with E-state index in [0.717, 1.165) is 38.5 Å². The molecule has 0 aliphatic carbocycles. The van der Waals surface area contributed by atoms with Crippen LogP contribution in [0.5, 0.6) is 0 Å². The SMILES string of the molecule is Cc1cn(C)c2cccc(-c3ccc4c(n3)=CC(CNC(=O)c3ccc5c(c3)[C@](C)(C#N)COC5)=C[I-]C=4)c12. The number of carbonyl (C=O) groups is 1. The maximum absolute atomic E-state index is 13.1. The van der Waals surface area contributed by atoms with Crippen molar-refractivity contribution < 1.29 is 30.7 Å². The van der Waals surface area contributed by atoms with Crippen LogP contribution in [0.4, 0.5) is 0 Å². The third-order valence-electron chi connectivity index (χ3n) is 7.46. The van der Waals surface area contributed by atoms with Gasteiger partial charge >= 0.3 is 238 Å². The molecule has 1 amide bonds. The Kier molecular flexibility index (Phi) is 6.61. The first-order valence-electron chi connectivity index (χ1n) is 12.8. The topological polar surface area (TPSA) is 79.9 Å². The molecule has 0 radical (unpaired) electrons. The summed E-state index contributed by atoms with van der Waals surface area (Å²) in [6, 6.07) is 18.5. The standard InChI is InChI=1S/C32H28IN4O2/c1-20-16-37(3)29-6-4-5-25(30(20)29)27-10-9-23-14-33-13-21(11-28(23)36-27)15-35-31(38)22-7-8-24-17-39-19-32(2,18-34)26(24)12-22/h4-14,16H,15,17,19H2,1-3H3,(H,35,38)/q-1/t32-/m1/s1. The molecule has 0 fully saturated rings. The van der Waals surface area contributed by atoms with Crippen LogP contribution in [-0.2, 0) is 23.8 Å². The number of hydrogen-bond donors (Lipinski definition) is 1. The fraction of sp³-hybridized carbons (Fsp3) is 0.219. The van der Waals surface area contributed by atoms with Crippen molar-refractivity contribution in [3.8, 4) is 17.3 Å². The molecule has 0 bridgehead atoms. The molecule has 4 heterocycles. The van der Waals surface area contributed by atoms with Gasteiger partial charge in [0.1, 0.15) is 0 Å². The average molecular weight is 628 g/mol. The predicted molar refractivity (Wildman–Crippen MR) is 149 cm³/mol. The molecule has 1 atom stereocenters. The van der Waals surface area contributed by atoms with Gasteiger partial charge in [0, 0.05) is 0 Å². The number of fused-ring (bicyclic) bond motifs is 3. The molecule has 6 rings (SSSR count). The van der Waals surface area contributed by atoms with Crippen molar-refractivity contribution >= 4 is 27.0 Å². The number of amides is 1. The molecule has 2 aromatic carbocycles. The number of nitrogens with zero attached hydrogens (tertiary/aromatic N) is 3. The molecule has 0 spiro atoms. The summed E-state index contributed by atoms with van der Waals surface area (Å²) in [5, 5.41) is 16.1. The first kappa shape index (κ1) is 25.5. The first-order valence-corrected chi connectivity index (χ1v) is 15.3. The number of nitriles is 1. The van der Waals surface area contributed by atoms with E-state index in [2.05, 4.69) is 80.7 Å². The third kappa shape index (κ3) is 4.68. The summed E-state index contributed by atoms with van der Waals surface area (Å²) in [7, 11) is 2.07. The summed E-state index contributed by atoms with van der Waals surface area (Å²) >= 11 is -0.311. The van der Waals surface area contributed by atoms with Gasteiger partial charge in [0.2, 0.25) is 0 Å². The summed E-state index contributed by atoms with van der Waals surface area (Å²) in [6.07, 6.45) is 4.25. The van der Waals surface area contributed by atoms with Crippen LogP contribution < -0.4 is 37.1 Å². The molecule has 0 unspecified atom stereocenters. The van der Waals surface area contributed by atoms with Gasteiger partial charge in [-0.25, -0.2) is 0 Å². The monoisotopic (exact) mass is 627 g/mol. The van der Waals surface area contributed by atoms with Crippen LogP contribution in [0.3, 0.4) is 0 Å². The Bertz CT molecular complexity index is 1850. The second-order valence-electron chi connectivity index (χ2n) is 10.3. The zero-order chi connectivity index (χ0) is 27.1. The van der Waals surface area contributed by atoms with Crippen molar-refractivity contribution in [3.63, 3.8) is 0 Å². The Hall–Kier alpha value is -3.74. The Labute approximate surface area is 237 Å². The van der Waals surface area contributed by atoms with E-state index >= 15 is 0 Å². The molecule has 39 heavy (non-hydrogen) atoms. The summed E-state index contributed by atoms with van der Waals surface area (Å²) in [5.41, 5.74) is 7.18. The van der Waals surface area contributed by atoms with Crippen molar-refractivity contribution in [2.24, 2.45) is 7.05 Å². The zero-order valence-electron chi connectivity index (χ0n) is 22.1. The van der Waals surface area contributed by atoms with Crippen LogP contribution in [0, 0.1) is 18.3 Å². The normalized spacial score (nSPS) is 18.3. The van der Waals surface area contributed by atoms with Crippen LogP contribution in [0.2, 0.25) is 0 Å². The van der Waals surface area contributed by atoms with E-state index in [9.17, 15) is 10.1 Å². The molecule has 196 valence electrons. The van der Waals surface area contributed by atoms with Crippen LogP contribution in [0.1, 0.15) is 34.0 Å². The molecule has 4 aromatic rings. The molecule has 2 aliphatic heterocycles. The van der Waals surface area contributed by atoms with Crippen molar-refractivity contribution in [1.82, 2.24) is 14.9 Å². The number of aromatic nitrogens is 2. The van der Waals surface area contributed by atoms with Gasteiger partial charge in [0.15, 0.2) is 0 Å². The van der Waals surface area contributed by atoms with E-state index in [-0.39, 0.29) is 27.1 Å². The van der Waals surface area contributed by atoms with Crippen LogP contribution in [0.25, 0.3) is 32.3 Å². The summed E-state index contributed by atoms with van der Waals surface area (Å²) in [4.78, 5) is 18.2. The number of benzene rings is 2. The average Bonchev–Trinajstić information content (AvgIpc) is 3.11. The zero-order valence-corrected chi connectivity index (χ0v) is 24.2. The van der Waals surface area contributed by atoms with E-state index in [1.807, 2.05) is 25.1 Å². The second-order valence-corrected chi connectivity index (χ2v) is 12.3. The molecule has 6 nitrogen and oxygen atoms in total. The molecule has 2 aliphatic rings. The molecule has 1 N–H and O–H groups in total. The Morgan fingerprint density at radius 3 is 2.95 bits per heavy atom. The van der Waals surface area contributed by atoms with E-state index < -0.39 is 5.41 Å². The second kappa shape index (κ2) is 10.1. The number of ether oxygens (including phenoxy) is 1. The number of halogens is 1. The van der Waals surface area contributed by atoms with Crippen LogP contribution in [-0.4, -0.2) is 28.6 Å². The van der Waals surface area contributed by atoms with E-state index in [1.54, 1.807) is 0 Å². The van der Waals surface area contributed by atoms with E-state index in [1.165, 1.54) is 16.5 Å². The minimum absolute atomic E-state index is 0.154. The van der Waals surface area contributed by atoms with Gasteiger partial charge in [-0.1, -0.05) is 0 Å². The summed E-state index contributed by atoms with van der Waals surface area (Å²) in [5.74, 6) is -0.154. The van der Waals surface area contributed by atoms with Crippen molar-refractivity contribution in [1.29, 1.82) is 5.26 Å². The van der Waals surface area contributed by atoms with Gasteiger partial charge in [-0.15, -0.1) is 0 Å². The van der Waals surface area contributed by atoms with Gasteiger partial charge < -0.3 is 0 Å². The van der Waals surface area contributed by atoms with Crippen molar-refractivity contribution in [2.75, 3.05) is 13.2 Å². The Morgan fingerprint density at radius 1 is 1.23 bits per heavy atom. The minimum atomic E-state index is -0.753. The number of aryl methyl sites for hydroxylation is 2. The van der Waals surface area contributed by atoms with Crippen LogP contribution >= 0.6 is 0 Å². The van der Waals surface area contributed by atoms with E-state index in [0.29, 0.717) is 25.3 Å². The predicted octanol–water partition coefficient (Wildman–Crippen LogP) is 0.795. The van der Waals surface area contributed by atoms with Gasteiger partial charge in [-0.05, 0) is 0 Å². The number of carbonyl (C=O) groups excluding carboxylic acids is 1. The summed E-state index contributed by atoms with van der Waals surface area (Å²) < 4.78 is 12.3. The quantitative estimate of drug-likeness (QED) is 0.340. The van der Waals surface area contributed by atoms with E-state index in [4.69, 9.17) is 9.72 Å². The molecule has 7 heteroatoms. The Morgan fingerprint density at radius 2 is 2.10 bits per heavy atom. The Balaban J connectivity index is 1.27. The summed E-state index contributed by atoms with van der Waals surface area (Å²) in [6.45, 7) is 5.21. The fourth-order valence-corrected chi connectivity index (χ4v) is 7.34. The third-order valence-corrected chi connectivity index (χ3v) is 9.65. The van der Waals surface area contributed by atoms with Gasteiger partial charge in [0.05, 0.1) is 0 Å². The van der Waals surface area contributed by atoms with Crippen LogP contribution in [0.15, 0.2) is 64.4 Å². The van der Waals surface area contributed by atoms with Crippen molar-refractivity contribution in [3.05, 3.63) is 97.2 Å². The van der Waals surface area contributed by atoms with Gasteiger partial charge in [-0.3, -0.25) is 0 Å². The molecule has 0 saturated carbocycles. The van der Waals surface area contributed by atoms with Crippen molar-refractivity contribution in [2.45, 2.75) is 25.9 Å². The van der Waals surface area contributed by atoms with Gasteiger partial charge in [-0.2, -0.15) is 0 Å². The molecular weight excluding hydrogens is 599 g/mol. The first-order chi connectivity index (χ1) is 18.9. The fourth-order valence-electron chi connectivity index (χ4n) is 5.38. The van der Waals surface area contributed by atoms with Gasteiger partial charge in [0.25, 0.3) is 0 Å². The number of nitrogens with one attached hydrogen (secondary N) is 1. The number of hydrogen-bond acceptors (Lipinski definition) is 4.